The Hall–Kier alpha value is -1.65. The predicted octanol–water partition coefficient (Wildman–Crippen LogP) is 0.0654. The third-order valence-electron chi connectivity index (χ3n) is 1.05. The van der Waals surface area contributed by atoms with Gasteiger partial charge in [0.05, 0.1) is 0 Å². The molecule has 5 heteroatoms. The van der Waals surface area contributed by atoms with E-state index in [1.807, 2.05) is 0 Å². The Bertz CT molecular complexity index is 377. The van der Waals surface area contributed by atoms with E-state index < -0.39 is 18.6 Å². The lowest BCUT2D eigenvalue weighted by molar-refractivity contribution is 0.0697. The maximum atomic E-state index is 10.5. The Labute approximate surface area is 67.1 Å². The summed E-state index contributed by atoms with van der Waals surface area (Å²) in [7, 11) is 0. The van der Waals surface area contributed by atoms with E-state index in [9.17, 15) is 4.79 Å². The molecule has 0 amide bonds. The predicted molar refractivity (Wildman–Crippen MR) is 38.1 cm³/mol. The molecule has 0 fully saturated rings. The van der Waals surface area contributed by atoms with Crippen LogP contribution in [-0.2, 0) is 0 Å². The molecule has 0 saturated carbocycles. The summed E-state index contributed by atoms with van der Waals surface area (Å²) < 4.78 is 20.9. The van der Waals surface area contributed by atoms with E-state index in [4.69, 9.17) is 15.0 Å². The standard InChI is InChI=1S/C6H7N3O2/c1-3-8-2-4(6(10)11)5(7)9-3/h2H,1H3,(H,10,11)(H2,7,8,9)/i1D3. The molecule has 1 rings (SSSR count). The van der Waals surface area contributed by atoms with Gasteiger partial charge in [-0.3, -0.25) is 0 Å². The van der Waals surface area contributed by atoms with Gasteiger partial charge < -0.3 is 10.8 Å². The topological polar surface area (TPSA) is 89.1 Å². The number of carboxylic acid groups (broad SMARTS) is 1. The van der Waals surface area contributed by atoms with Crippen molar-refractivity contribution >= 4 is 11.8 Å². The van der Waals surface area contributed by atoms with E-state index in [1.54, 1.807) is 0 Å². The molecule has 1 heterocycles. The Morgan fingerprint density at radius 3 is 3.09 bits per heavy atom. The van der Waals surface area contributed by atoms with Gasteiger partial charge in [0, 0.05) is 10.3 Å². The lowest BCUT2D eigenvalue weighted by atomic mass is 10.3. The number of nitrogens with zero attached hydrogens (tertiary/aromatic N) is 2. The highest BCUT2D eigenvalue weighted by Gasteiger charge is 2.08. The summed E-state index contributed by atoms with van der Waals surface area (Å²) in [6.45, 7) is -2.48. The third-order valence-corrected chi connectivity index (χ3v) is 1.05. The van der Waals surface area contributed by atoms with Crippen LogP contribution in [0.2, 0.25) is 0 Å². The summed E-state index contributed by atoms with van der Waals surface area (Å²) in [5, 5.41) is 8.56. The molecule has 0 aliphatic rings. The Morgan fingerprint density at radius 2 is 2.64 bits per heavy atom. The number of carbonyl (C=O) groups is 1. The van der Waals surface area contributed by atoms with Crippen LogP contribution in [0.4, 0.5) is 5.82 Å². The summed E-state index contributed by atoms with van der Waals surface area (Å²) in [5.41, 5.74) is 4.93. The Kier molecular flexibility index (Phi) is 0.983. The van der Waals surface area contributed by atoms with Gasteiger partial charge in [0.2, 0.25) is 0 Å². The maximum absolute atomic E-state index is 10.5. The van der Waals surface area contributed by atoms with Crippen LogP contribution >= 0.6 is 0 Å². The Balaban J connectivity index is 3.20. The molecule has 1 aromatic rings. The van der Waals surface area contributed by atoms with Gasteiger partial charge in [-0.25, -0.2) is 14.8 Å². The van der Waals surface area contributed by atoms with Crippen molar-refractivity contribution in [3.05, 3.63) is 17.6 Å². The van der Waals surface area contributed by atoms with Crippen LogP contribution in [0.5, 0.6) is 0 Å². The van der Waals surface area contributed by atoms with Crippen molar-refractivity contribution in [3.8, 4) is 0 Å². The molecule has 11 heavy (non-hydrogen) atoms. The highest BCUT2D eigenvalue weighted by atomic mass is 16.4. The van der Waals surface area contributed by atoms with Gasteiger partial charge in [-0.05, 0) is 6.85 Å². The quantitative estimate of drug-likeness (QED) is 0.600. The largest absolute Gasteiger partial charge is 0.477 e. The second kappa shape index (κ2) is 2.53. The summed E-state index contributed by atoms with van der Waals surface area (Å²) in [6.07, 6.45) is 0.881. The molecular weight excluding hydrogens is 146 g/mol. The molecule has 1 aromatic heterocycles. The monoisotopic (exact) mass is 156 g/mol. The summed E-state index contributed by atoms with van der Waals surface area (Å²) in [6, 6.07) is 0. The van der Waals surface area contributed by atoms with E-state index in [1.165, 1.54) is 0 Å². The highest BCUT2D eigenvalue weighted by molar-refractivity contribution is 5.91. The molecule has 58 valence electrons. The average Bonchev–Trinajstić information content (AvgIpc) is 2.01. The minimum absolute atomic E-state index is 0.307. The van der Waals surface area contributed by atoms with Crippen molar-refractivity contribution < 1.29 is 14.0 Å². The molecule has 0 saturated heterocycles. The first-order valence-electron chi connectivity index (χ1n) is 4.18. The molecule has 5 nitrogen and oxygen atoms in total. The number of aryl methyl sites for hydroxylation is 1. The molecule has 0 aliphatic carbocycles. The van der Waals surface area contributed by atoms with Crippen molar-refractivity contribution in [2.24, 2.45) is 0 Å². The van der Waals surface area contributed by atoms with Gasteiger partial charge in [0.1, 0.15) is 17.2 Å². The van der Waals surface area contributed by atoms with E-state index >= 15 is 0 Å². The van der Waals surface area contributed by atoms with Gasteiger partial charge in [0.15, 0.2) is 0 Å². The SMILES string of the molecule is [2H]C([2H])([2H])c1ncc(C(=O)O)c(N)n1. The minimum atomic E-state index is -2.48. The van der Waals surface area contributed by atoms with Crippen molar-refractivity contribution in [1.29, 1.82) is 0 Å². The van der Waals surface area contributed by atoms with Gasteiger partial charge in [-0.1, -0.05) is 0 Å². The number of hydrogen-bond acceptors (Lipinski definition) is 4. The molecule has 3 N–H and O–H groups in total. The molecule has 0 aromatic carbocycles. The second-order valence-electron chi connectivity index (χ2n) is 1.80. The minimum Gasteiger partial charge on any atom is -0.477 e. The first-order valence-corrected chi connectivity index (χ1v) is 2.68. The van der Waals surface area contributed by atoms with E-state index in [0.717, 1.165) is 6.20 Å². The average molecular weight is 156 g/mol. The number of aromatic nitrogens is 2. The molecule has 0 unspecified atom stereocenters. The first kappa shape index (κ1) is 4.27. The summed E-state index contributed by atoms with van der Waals surface area (Å²) >= 11 is 0. The summed E-state index contributed by atoms with van der Waals surface area (Å²) in [5.74, 6) is -2.10. The third kappa shape index (κ3) is 1.43. The van der Waals surface area contributed by atoms with Gasteiger partial charge >= 0.3 is 5.97 Å². The number of anilines is 1. The lowest BCUT2D eigenvalue weighted by Gasteiger charge is -1.98. The van der Waals surface area contributed by atoms with Gasteiger partial charge in [-0.15, -0.1) is 0 Å². The Morgan fingerprint density at radius 1 is 1.91 bits per heavy atom. The lowest BCUT2D eigenvalue weighted by Crippen LogP contribution is -2.06. The molecule has 0 atom stereocenters. The van der Waals surface area contributed by atoms with Crippen molar-refractivity contribution in [1.82, 2.24) is 9.97 Å². The highest BCUT2D eigenvalue weighted by Crippen LogP contribution is 2.05. The van der Waals surface area contributed by atoms with E-state index in [2.05, 4.69) is 9.97 Å². The van der Waals surface area contributed by atoms with Crippen molar-refractivity contribution in [2.75, 3.05) is 5.73 Å². The maximum Gasteiger partial charge on any atom is 0.341 e. The molecule has 0 aliphatic heterocycles. The fourth-order valence-electron chi connectivity index (χ4n) is 0.560. The molecule has 0 radical (unpaired) electrons. The molecule has 0 bridgehead atoms. The number of aromatic carboxylic acids is 1. The normalized spacial score (nSPS) is 14.7. The van der Waals surface area contributed by atoms with Crippen LogP contribution in [0, 0.1) is 6.85 Å². The van der Waals surface area contributed by atoms with Crippen molar-refractivity contribution in [3.63, 3.8) is 0 Å². The van der Waals surface area contributed by atoms with E-state index in [0.29, 0.717) is 0 Å². The zero-order valence-corrected chi connectivity index (χ0v) is 5.40. The number of rotatable bonds is 1. The zero-order valence-electron chi connectivity index (χ0n) is 8.40. The van der Waals surface area contributed by atoms with Crippen LogP contribution in [0.15, 0.2) is 6.20 Å². The van der Waals surface area contributed by atoms with Crippen LogP contribution in [0.3, 0.4) is 0 Å². The molecular formula is C6H7N3O2. The second-order valence-corrected chi connectivity index (χ2v) is 1.80. The summed E-state index contributed by atoms with van der Waals surface area (Å²) in [4.78, 5) is 17.3. The number of carboxylic acids is 1. The van der Waals surface area contributed by atoms with Crippen molar-refractivity contribution in [2.45, 2.75) is 6.85 Å². The van der Waals surface area contributed by atoms with E-state index in [-0.39, 0.29) is 11.4 Å². The van der Waals surface area contributed by atoms with Crippen LogP contribution in [-0.4, -0.2) is 21.0 Å². The number of nitrogens with two attached hydrogens (primary N) is 1. The fourth-order valence-corrected chi connectivity index (χ4v) is 0.560. The fraction of sp³-hybridized carbons (Fsp3) is 0.167. The van der Waals surface area contributed by atoms with Crippen LogP contribution in [0.1, 0.15) is 20.3 Å². The smallest absolute Gasteiger partial charge is 0.341 e. The van der Waals surface area contributed by atoms with Crippen LogP contribution < -0.4 is 5.73 Å². The molecule has 0 spiro atoms. The first-order chi connectivity index (χ1) is 6.32. The van der Waals surface area contributed by atoms with Gasteiger partial charge in [-0.2, -0.15) is 0 Å². The number of hydrogen-bond donors (Lipinski definition) is 2. The number of nitrogen functional groups attached to an aromatic ring is 1. The zero-order chi connectivity index (χ0) is 10.9. The van der Waals surface area contributed by atoms with Gasteiger partial charge in [0.25, 0.3) is 0 Å². The van der Waals surface area contributed by atoms with Crippen LogP contribution in [0.25, 0.3) is 0 Å².